The van der Waals surface area contributed by atoms with E-state index < -0.39 is 0 Å². The van der Waals surface area contributed by atoms with E-state index in [1.54, 1.807) is 12.4 Å². The largest absolute Gasteiger partial charge is 0.340 e. The molecule has 0 fully saturated rings. The number of pyridine rings is 1. The summed E-state index contributed by atoms with van der Waals surface area (Å²) in [4.78, 5) is 16.4. The molecule has 0 saturated carbocycles. The Morgan fingerprint density at radius 1 is 1.15 bits per heavy atom. The highest BCUT2D eigenvalue weighted by Crippen LogP contribution is 2.30. The smallest absolute Gasteiger partial charge is 0.137 e. The van der Waals surface area contributed by atoms with Crippen LogP contribution in [-0.2, 0) is 13.0 Å². The lowest BCUT2D eigenvalue weighted by Crippen LogP contribution is -2.39. The van der Waals surface area contributed by atoms with Gasteiger partial charge in [-0.2, -0.15) is 0 Å². The van der Waals surface area contributed by atoms with Gasteiger partial charge in [-0.1, -0.05) is 45.2 Å². The van der Waals surface area contributed by atoms with Crippen molar-refractivity contribution in [2.24, 2.45) is 0 Å². The molecule has 4 rings (SSSR count). The Morgan fingerprint density at radius 3 is 2.73 bits per heavy atom. The first-order chi connectivity index (χ1) is 16.0. The molecule has 5 nitrogen and oxygen atoms in total. The van der Waals surface area contributed by atoms with E-state index in [9.17, 15) is 0 Å². The van der Waals surface area contributed by atoms with Gasteiger partial charge >= 0.3 is 0 Å². The van der Waals surface area contributed by atoms with Crippen LogP contribution < -0.4 is 15.8 Å². The molecule has 0 amide bonds. The Balaban J connectivity index is 1.64. The SMILES string of the molecule is C=C/C=c1/cc(-c2cc(Nc3ncnc4c3CCN(C(CC)CC)C4)ccc2C)ncc1=C. The third-order valence-electron chi connectivity index (χ3n) is 6.59. The number of hydrogen-bond acceptors (Lipinski definition) is 5. The van der Waals surface area contributed by atoms with E-state index in [4.69, 9.17) is 0 Å². The van der Waals surface area contributed by atoms with Crippen molar-refractivity contribution in [1.82, 2.24) is 19.9 Å². The zero-order valence-electron chi connectivity index (χ0n) is 19.9. The first-order valence-electron chi connectivity index (χ1n) is 11.8. The number of rotatable bonds is 7. The molecule has 3 aromatic rings. The number of aromatic nitrogens is 3. The van der Waals surface area contributed by atoms with Crippen molar-refractivity contribution in [3.63, 3.8) is 0 Å². The highest BCUT2D eigenvalue weighted by molar-refractivity contribution is 5.72. The van der Waals surface area contributed by atoms with Gasteiger partial charge in [0, 0.05) is 42.1 Å². The van der Waals surface area contributed by atoms with Gasteiger partial charge in [0.2, 0.25) is 0 Å². The Hall–Kier alpha value is -3.31. The van der Waals surface area contributed by atoms with E-state index in [1.165, 1.54) is 24.0 Å². The molecule has 1 aliphatic rings. The summed E-state index contributed by atoms with van der Waals surface area (Å²) in [5.41, 5.74) is 6.52. The molecule has 0 aliphatic carbocycles. The fourth-order valence-corrected chi connectivity index (χ4v) is 4.64. The molecule has 0 unspecified atom stereocenters. The first kappa shape index (κ1) is 22.9. The maximum absolute atomic E-state index is 4.64. The highest BCUT2D eigenvalue weighted by atomic mass is 15.2. The van der Waals surface area contributed by atoms with Gasteiger partial charge in [0.05, 0.1) is 11.4 Å². The van der Waals surface area contributed by atoms with Crippen molar-refractivity contribution < 1.29 is 0 Å². The minimum Gasteiger partial charge on any atom is -0.340 e. The molecule has 0 spiro atoms. The van der Waals surface area contributed by atoms with Gasteiger partial charge in [0.25, 0.3) is 0 Å². The fourth-order valence-electron chi connectivity index (χ4n) is 4.64. The van der Waals surface area contributed by atoms with Crippen LogP contribution in [-0.4, -0.2) is 32.4 Å². The van der Waals surface area contributed by atoms with E-state index in [-0.39, 0.29) is 0 Å². The quantitative estimate of drug-likeness (QED) is 0.587. The number of nitrogens with one attached hydrogen (secondary N) is 1. The minimum absolute atomic E-state index is 0.615. The normalized spacial score (nSPS) is 14.4. The Labute approximate surface area is 196 Å². The van der Waals surface area contributed by atoms with E-state index in [0.717, 1.165) is 58.4 Å². The summed E-state index contributed by atoms with van der Waals surface area (Å²) in [5.74, 6) is 0.903. The highest BCUT2D eigenvalue weighted by Gasteiger charge is 2.24. The molecular weight excluding hydrogens is 406 g/mol. The number of fused-ring (bicyclic) bond motifs is 1. The topological polar surface area (TPSA) is 53.9 Å². The average Bonchev–Trinajstić information content (AvgIpc) is 2.83. The minimum atomic E-state index is 0.615. The van der Waals surface area contributed by atoms with Gasteiger partial charge < -0.3 is 5.32 Å². The standard InChI is InChI=1S/C28H33N5/c1-6-9-21-14-26(29-16-20(21)5)25-15-22(11-10-19(25)4)32-28-24-12-13-33(23(7-2)8-3)17-27(24)30-18-31-28/h6,9-11,14-16,18,23H,1,5,7-8,12-13,17H2,2-4H3,(H,30,31,32)/b21-9-. The van der Waals surface area contributed by atoms with Gasteiger partial charge in [-0.15, -0.1) is 0 Å². The van der Waals surface area contributed by atoms with Crippen LogP contribution in [0.1, 0.15) is 43.5 Å². The summed E-state index contributed by atoms with van der Waals surface area (Å²) in [7, 11) is 0. The number of allylic oxidation sites excluding steroid dienone is 1. The number of benzene rings is 1. The van der Waals surface area contributed by atoms with Crippen LogP contribution in [0, 0.1) is 6.92 Å². The second-order valence-electron chi connectivity index (χ2n) is 8.66. The van der Waals surface area contributed by atoms with E-state index in [0.29, 0.717) is 6.04 Å². The van der Waals surface area contributed by atoms with Crippen LogP contribution in [0.5, 0.6) is 0 Å². The van der Waals surface area contributed by atoms with Crippen LogP contribution in [0.15, 0.2) is 49.4 Å². The molecule has 0 saturated heterocycles. The van der Waals surface area contributed by atoms with Crippen LogP contribution in [0.4, 0.5) is 11.5 Å². The summed E-state index contributed by atoms with van der Waals surface area (Å²) in [6.45, 7) is 16.5. The van der Waals surface area contributed by atoms with Crippen molar-refractivity contribution in [1.29, 1.82) is 0 Å². The summed E-state index contributed by atoms with van der Waals surface area (Å²) in [6.07, 6.45) is 10.5. The maximum atomic E-state index is 4.64. The molecule has 170 valence electrons. The lowest BCUT2D eigenvalue weighted by molar-refractivity contribution is 0.166. The molecule has 1 aromatic carbocycles. The Kier molecular flexibility index (Phi) is 6.99. The number of aryl methyl sites for hydroxylation is 1. The van der Waals surface area contributed by atoms with Gasteiger partial charge in [-0.3, -0.25) is 9.88 Å². The lowest BCUT2D eigenvalue weighted by Gasteiger charge is -2.34. The summed E-state index contributed by atoms with van der Waals surface area (Å²) >= 11 is 0. The van der Waals surface area contributed by atoms with E-state index in [1.807, 2.05) is 12.3 Å². The number of hydrogen-bond donors (Lipinski definition) is 1. The maximum Gasteiger partial charge on any atom is 0.137 e. The molecule has 5 heteroatoms. The first-order valence-corrected chi connectivity index (χ1v) is 11.8. The molecule has 3 heterocycles. The van der Waals surface area contributed by atoms with Crippen molar-refractivity contribution in [2.75, 3.05) is 11.9 Å². The van der Waals surface area contributed by atoms with Crippen LogP contribution in [0.25, 0.3) is 23.9 Å². The van der Waals surface area contributed by atoms with Gasteiger partial charge in [-0.25, -0.2) is 9.97 Å². The predicted molar refractivity (Wildman–Crippen MR) is 138 cm³/mol. The Morgan fingerprint density at radius 2 is 1.97 bits per heavy atom. The molecule has 0 bridgehead atoms. The lowest BCUT2D eigenvalue weighted by atomic mass is 10.0. The summed E-state index contributed by atoms with van der Waals surface area (Å²) in [5, 5.41) is 5.48. The zero-order valence-corrected chi connectivity index (χ0v) is 19.9. The van der Waals surface area contributed by atoms with Gasteiger partial charge in [0.1, 0.15) is 12.1 Å². The zero-order chi connectivity index (χ0) is 23.4. The molecule has 33 heavy (non-hydrogen) atoms. The van der Waals surface area contributed by atoms with E-state index >= 15 is 0 Å². The van der Waals surface area contributed by atoms with Crippen molar-refractivity contribution in [3.05, 3.63) is 76.7 Å². The average molecular weight is 440 g/mol. The molecule has 1 aliphatic heterocycles. The fraction of sp³-hybridized carbons (Fsp3) is 0.321. The van der Waals surface area contributed by atoms with Crippen molar-refractivity contribution in [2.45, 2.75) is 52.6 Å². The molecule has 0 radical (unpaired) electrons. The molecule has 0 atom stereocenters. The monoisotopic (exact) mass is 439 g/mol. The molecular formula is C28H33N5. The third kappa shape index (κ3) is 4.88. The molecule has 1 N–H and O–H groups in total. The number of nitrogens with zero attached hydrogens (tertiary/aromatic N) is 4. The Bertz CT molecular complexity index is 1260. The van der Waals surface area contributed by atoms with Gasteiger partial charge in [-0.05, 0) is 60.4 Å². The van der Waals surface area contributed by atoms with Crippen molar-refractivity contribution >= 4 is 24.2 Å². The van der Waals surface area contributed by atoms with Crippen LogP contribution in [0.2, 0.25) is 0 Å². The van der Waals surface area contributed by atoms with Crippen molar-refractivity contribution in [3.8, 4) is 11.3 Å². The summed E-state index contributed by atoms with van der Waals surface area (Å²) in [6, 6.07) is 9.04. The van der Waals surface area contributed by atoms with Gasteiger partial charge in [0.15, 0.2) is 0 Å². The third-order valence-corrected chi connectivity index (χ3v) is 6.59. The van der Waals surface area contributed by atoms with Crippen LogP contribution in [0.3, 0.4) is 0 Å². The predicted octanol–water partition coefficient (Wildman–Crippen LogP) is 4.51. The van der Waals surface area contributed by atoms with Crippen LogP contribution >= 0.6 is 0 Å². The summed E-state index contributed by atoms with van der Waals surface area (Å²) < 4.78 is 0. The molecule has 2 aromatic heterocycles. The number of anilines is 2. The second kappa shape index (κ2) is 10.1. The van der Waals surface area contributed by atoms with E-state index in [2.05, 4.69) is 83.4 Å². The second-order valence-corrected chi connectivity index (χ2v) is 8.66.